The van der Waals surface area contributed by atoms with Crippen molar-refractivity contribution in [1.29, 1.82) is 0 Å². The summed E-state index contributed by atoms with van der Waals surface area (Å²) in [5.41, 5.74) is 2.78. The van der Waals surface area contributed by atoms with Crippen molar-refractivity contribution in [3.8, 4) is 11.5 Å². The van der Waals surface area contributed by atoms with Crippen LogP contribution in [0.2, 0.25) is 0 Å². The number of benzene rings is 1. The minimum atomic E-state index is -0.214. The van der Waals surface area contributed by atoms with Crippen molar-refractivity contribution in [2.75, 3.05) is 44.7 Å². The fraction of sp³-hybridized carbons (Fsp3) is 0.474. The molecule has 1 saturated heterocycles. The summed E-state index contributed by atoms with van der Waals surface area (Å²) in [7, 11) is 2.06. The Morgan fingerprint density at radius 1 is 1.36 bits per heavy atom. The number of rotatable bonds is 4. The fourth-order valence-electron chi connectivity index (χ4n) is 3.67. The minimum Gasteiger partial charge on any atom is -0.347 e. The molecule has 3 heterocycles. The Morgan fingerprint density at radius 2 is 2.21 bits per heavy atom. The molecule has 1 fully saturated rings. The van der Waals surface area contributed by atoms with Gasteiger partial charge in [0.15, 0.2) is 5.82 Å². The van der Waals surface area contributed by atoms with E-state index in [9.17, 15) is 9.59 Å². The first-order valence-corrected chi connectivity index (χ1v) is 9.45. The van der Waals surface area contributed by atoms with Gasteiger partial charge in [0.2, 0.25) is 11.8 Å². The number of amides is 2. The second kappa shape index (κ2) is 7.69. The Balaban J connectivity index is 1.51. The van der Waals surface area contributed by atoms with Crippen molar-refractivity contribution in [2.24, 2.45) is 0 Å². The van der Waals surface area contributed by atoms with Crippen LogP contribution in [0.5, 0.6) is 0 Å². The van der Waals surface area contributed by atoms with E-state index in [4.69, 9.17) is 4.52 Å². The van der Waals surface area contributed by atoms with Crippen LogP contribution in [0.3, 0.4) is 0 Å². The van der Waals surface area contributed by atoms with E-state index in [2.05, 4.69) is 32.7 Å². The quantitative estimate of drug-likeness (QED) is 0.783. The number of nitrogens with one attached hydrogen (secondary N) is 2. The van der Waals surface area contributed by atoms with Crippen molar-refractivity contribution in [1.82, 2.24) is 25.7 Å². The summed E-state index contributed by atoms with van der Waals surface area (Å²) in [5.74, 6) is 0.834. The van der Waals surface area contributed by atoms with Crippen LogP contribution in [-0.4, -0.2) is 66.6 Å². The second-order valence-corrected chi connectivity index (χ2v) is 7.21. The average Bonchev–Trinajstić information content (AvgIpc) is 3.33. The average molecular weight is 384 g/mol. The molecule has 0 radical (unpaired) electrons. The maximum absolute atomic E-state index is 12.3. The molecule has 0 saturated carbocycles. The number of anilines is 1. The number of piperazine rings is 1. The smallest absolute Gasteiger partial charge is 0.257 e. The van der Waals surface area contributed by atoms with Crippen LogP contribution >= 0.6 is 0 Å². The molecule has 1 atom stereocenters. The number of carbonyl (C=O) groups excluding carboxylic acids is 2. The number of hydrogen-bond donors (Lipinski definition) is 2. The highest BCUT2D eigenvalue weighted by molar-refractivity contribution is 5.98. The van der Waals surface area contributed by atoms with Crippen molar-refractivity contribution in [2.45, 2.75) is 19.4 Å². The Hall–Kier alpha value is -2.78. The van der Waals surface area contributed by atoms with Gasteiger partial charge in [-0.3, -0.25) is 14.5 Å². The number of carbonyl (C=O) groups is 2. The van der Waals surface area contributed by atoms with E-state index in [0.29, 0.717) is 18.3 Å². The molecule has 9 heteroatoms. The molecule has 2 aliphatic rings. The highest BCUT2D eigenvalue weighted by Crippen LogP contribution is 2.32. The lowest BCUT2D eigenvalue weighted by Crippen LogP contribution is -2.44. The van der Waals surface area contributed by atoms with Gasteiger partial charge in [0.1, 0.15) is 0 Å². The normalized spacial score (nSPS) is 19.5. The first-order valence-electron chi connectivity index (χ1n) is 9.45. The molecule has 9 nitrogen and oxygen atoms in total. The molecule has 1 aromatic carbocycles. The summed E-state index contributed by atoms with van der Waals surface area (Å²) in [6.07, 6.45) is 0.755. The van der Waals surface area contributed by atoms with Crippen LogP contribution < -0.4 is 15.5 Å². The van der Waals surface area contributed by atoms with Crippen LogP contribution in [0.4, 0.5) is 5.69 Å². The van der Waals surface area contributed by atoms with Crippen LogP contribution in [0.25, 0.3) is 11.5 Å². The van der Waals surface area contributed by atoms with E-state index in [1.54, 1.807) is 4.90 Å². The molecule has 148 valence electrons. The summed E-state index contributed by atoms with van der Waals surface area (Å²) in [4.78, 5) is 31.9. The minimum absolute atomic E-state index is 0.00643. The molecule has 0 aliphatic carbocycles. The first kappa shape index (κ1) is 18.6. The third kappa shape index (κ3) is 3.63. The Bertz CT molecular complexity index is 896. The van der Waals surface area contributed by atoms with Gasteiger partial charge >= 0.3 is 0 Å². The Kier molecular flexibility index (Phi) is 5.10. The Labute approximate surface area is 163 Å². The number of aromatic nitrogens is 2. The molecule has 1 unspecified atom stereocenters. The third-order valence-electron chi connectivity index (χ3n) is 5.26. The predicted octanol–water partition coefficient (Wildman–Crippen LogP) is 0.338. The topological polar surface area (TPSA) is 104 Å². The fourth-order valence-corrected chi connectivity index (χ4v) is 3.67. The maximum Gasteiger partial charge on any atom is 0.257 e. The summed E-state index contributed by atoms with van der Waals surface area (Å²) in [5, 5.41) is 10.1. The lowest BCUT2D eigenvalue weighted by atomic mass is 10.1. The van der Waals surface area contributed by atoms with E-state index in [1.807, 2.05) is 18.2 Å². The molecule has 28 heavy (non-hydrogen) atoms. The van der Waals surface area contributed by atoms with E-state index < -0.39 is 0 Å². The molecule has 1 aromatic heterocycles. The zero-order valence-corrected chi connectivity index (χ0v) is 16.1. The lowest BCUT2D eigenvalue weighted by Gasteiger charge is -2.30. The van der Waals surface area contributed by atoms with Gasteiger partial charge in [0.05, 0.1) is 12.6 Å². The zero-order chi connectivity index (χ0) is 19.7. The largest absolute Gasteiger partial charge is 0.347 e. The molecule has 2 amide bonds. The summed E-state index contributed by atoms with van der Waals surface area (Å²) >= 11 is 0. The molecule has 0 spiro atoms. The van der Waals surface area contributed by atoms with Gasteiger partial charge in [-0.15, -0.1) is 0 Å². The van der Waals surface area contributed by atoms with Crippen molar-refractivity contribution >= 4 is 17.5 Å². The van der Waals surface area contributed by atoms with Gasteiger partial charge in [-0.1, -0.05) is 5.16 Å². The highest BCUT2D eigenvalue weighted by atomic mass is 16.5. The number of fused-ring (bicyclic) bond motifs is 1. The summed E-state index contributed by atoms with van der Waals surface area (Å²) in [6, 6.07) is 5.90. The predicted molar refractivity (Wildman–Crippen MR) is 103 cm³/mol. The SMILES string of the molecule is CC(=O)NCC(=O)N1CCc2cc(-c3nc(C4CNCCN4C)no3)ccc21. The molecule has 2 N–H and O–H groups in total. The third-order valence-corrected chi connectivity index (χ3v) is 5.26. The number of likely N-dealkylation sites (N-methyl/N-ethyl adjacent to an activating group) is 1. The second-order valence-electron chi connectivity index (χ2n) is 7.21. The van der Waals surface area contributed by atoms with Gasteiger partial charge in [-0.25, -0.2) is 0 Å². The van der Waals surface area contributed by atoms with E-state index in [1.165, 1.54) is 6.92 Å². The molecule has 0 bridgehead atoms. The van der Waals surface area contributed by atoms with E-state index >= 15 is 0 Å². The number of hydrogen-bond acceptors (Lipinski definition) is 7. The van der Waals surface area contributed by atoms with Gasteiger partial charge in [0.25, 0.3) is 5.89 Å². The van der Waals surface area contributed by atoms with Crippen LogP contribution in [0, 0.1) is 0 Å². The standard InChI is InChI=1S/C19H24N6O3/c1-12(26)21-11-17(27)25-7-5-13-9-14(3-4-15(13)25)19-22-18(23-28-19)16-10-20-6-8-24(16)2/h3-4,9,16,20H,5-8,10-11H2,1-2H3,(H,21,26). The zero-order valence-electron chi connectivity index (χ0n) is 16.1. The summed E-state index contributed by atoms with van der Waals surface area (Å²) in [6.45, 7) is 4.70. The van der Waals surface area contributed by atoms with Crippen molar-refractivity contribution in [3.05, 3.63) is 29.6 Å². The molecule has 2 aliphatic heterocycles. The van der Waals surface area contributed by atoms with Crippen LogP contribution in [0.15, 0.2) is 22.7 Å². The molecule has 2 aromatic rings. The van der Waals surface area contributed by atoms with Gasteiger partial charge in [0, 0.05) is 44.4 Å². The van der Waals surface area contributed by atoms with E-state index in [-0.39, 0.29) is 24.4 Å². The number of nitrogens with zero attached hydrogens (tertiary/aromatic N) is 4. The first-order chi connectivity index (χ1) is 13.5. The van der Waals surface area contributed by atoms with Gasteiger partial charge in [-0.2, -0.15) is 4.98 Å². The van der Waals surface area contributed by atoms with Crippen LogP contribution in [-0.2, 0) is 16.0 Å². The molecular weight excluding hydrogens is 360 g/mol. The maximum atomic E-state index is 12.3. The highest BCUT2D eigenvalue weighted by Gasteiger charge is 2.27. The van der Waals surface area contributed by atoms with Gasteiger partial charge in [-0.05, 0) is 37.2 Å². The lowest BCUT2D eigenvalue weighted by molar-refractivity contribution is -0.123. The van der Waals surface area contributed by atoms with Crippen LogP contribution in [0.1, 0.15) is 24.4 Å². The monoisotopic (exact) mass is 384 g/mol. The molecule has 4 rings (SSSR count). The van der Waals surface area contributed by atoms with E-state index in [0.717, 1.165) is 42.9 Å². The van der Waals surface area contributed by atoms with Crippen molar-refractivity contribution in [3.63, 3.8) is 0 Å². The van der Waals surface area contributed by atoms with Gasteiger partial charge < -0.3 is 20.1 Å². The molecular formula is C19H24N6O3. The van der Waals surface area contributed by atoms with Crippen molar-refractivity contribution < 1.29 is 14.1 Å². The summed E-state index contributed by atoms with van der Waals surface area (Å²) < 4.78 is 5.51. The Morgan fingerprint density at radius 3 is 3.00 bits per heavy atom.